The van der Waals surface area contributed by atoms with Gasteiger partial charge in [-0.25, -0.2) is 0 Å². The van der Waals surface area contributed by atoms with Gasteiger partial charge in [0.25, 0.3) is 5.91 Å². The van der Waals surface area contributed by atoms with E-state index in [1.807, 2.05) is 13.0 Å². The van der Waals surface area contributed by atoms with E-state index in [0.717, 1.165) is 11.1 Å². The minimum absolute atomic E-state index is 0.0787. The molecule has 2 aromatic rings. The topological polar surface area (TPSA) is 75.6 Å². The van der Waals surface area contributed by atoms with Gasteiger partial charge >= 0.3 is 5.97 Å². The molecule has 2 N–H and O–H groups in total. The maximum Gasteiger partial charge on any atom is 0.304 e. The third-order valence-corrected chi connectivity index (χ3v) is 4.58. The van der Waals surface area contributed by atoms with E-state index in [2.05, 4.69) is 17.2 Å². The molecule has 0 saturated heterocycles. The van der Waals surface area contributed by atoms with Gasteiger partial charge in [0.1, 0.15) is 5.75 Å². The van der Waals surface area contributed by atoms with Crippen LogP contribution in [-0.2, 0) is 9.59 Å². The van der Waals surface area contributed by atoms with Gasteiger partial charge in [0.05, 0.1) is 17.4 Å². The normalized spacial score (nSPS) is 11.8. The number of carboxylic acid groups (broad SMARTS) is 1. The molecule has 6 heteroatoms. The number of benzene rings is 2. The summed E-state index contributed by atoms with van der Waals surface area (Å²) in [4.78, 5) is 23.7. The lowest BCUT2D eigenvalue weighted by Crippen LogP contribution is -2.42. The van der Waals surface area contributed by atoms with Crippen molar-refractivity contribution in [2.24, 2.45) is 0 Å². The predicted octanol–water partition coefficient (Wildman–Crippen LogP) is 5.03. The van der Waals surface area contributed by atoms with Gasteiger partial charge in [-0.3, -0.25) is 9.59 Å². The highest BCUT2D eigenvalue weighted by atomic mass is 35.5. The zero-order chi connectivity index (χ0) is 21.6. The van der Waals surface area contributed by atoms with Crippen LogP contribution in [0.25, 0.3) is 0 Å². The summed E-state index contributed by atoms with van der Waals surface area (Å²) in [6.07, 6.45) is -0.0787. The molecule has 0 aromatic heterocycles. The molecule has 0 aliphatic rings. The van der Waals surface area contributed by atoms with Gasteiger partial charge in [0, 0.05) is 5.69 Å². The number of carboxylic acids is 1. The molecular formula is C23H24ClNO4. The minimum Gasteiger partial charge on any atom is -0.481 e. The molecule has 0 heterocycles. The van der Waals surface area contributed by atoms with Gasteiger partial charge in [-0.15, -0.1) is 5.92 Å². The van der Waals surface area contributed by atoms with Crippen molar-refractivity contribution < 1.29 is 19.4 Å². The maximum absolute atomic E-state index is 12.7. The highest BCUT2D eigenvalue weighted by Gasteiger charge is 2.31. The molecule has 0 radical (unpaired) electrons. The zero-order valence-electron chi connectivity index (χ0n) is 16.9. The van der Waals surface area contributed by atoms with Crippen molar-refractivity contribution >= 4 is 29.2 Å². The molecule has 0 aliphatic heterocycles. The summed E-state index contributed by atoms with van der Waals surface area (Å²) < 4.78 is 5.86. The number of anilines is 1. The fourth-order valence-electron chi connectivity index (χ4n) is 2.69. The average Bonchev–Trinajstić information content (AvgIpc) is 2.64. The first kappa shape index (κ1) is 22.3. The van der Waals surface area contributed by atoms with Crippen molar-refractivity contribution in [3.05, 3.63) is 58.6 Å². The molecule has 0 fully saturated rings. The number of aliphatic carboxylic acids is 1. The largest absolute Gasteiger partial charge is 0.481 e. The monoisotopic (exact) mass is 413 g/mol. The van der Waals surface area contributed by atoms with Gasteiger partial charge in [-0.1, -0.05) is 35.7 Å². The van der Waals surface area contributed by atoms with Crippen molar-refractivity contribution in [1.29, 1.82) is 0 Å². The average molecular weight is 414 g/mol. The molecule has 2 rings (SSSR count). The van der Waals surface area contributed by atoms with E-state index in [-0.39, 0.29) is 12.3 Å². The van der Waals surface area contributed by atoms with E-state index in [4.69, 9.17) is 21.4 Å². The Morgan fingerprint density at radius 3 is 2.45 bits per heavy atom. The van der Waals surface area contributed by atoms with Gasteiger partial charge in [-0.2, -0.15) is 0 Å². The van der Waals surface area contributed by atoms with Crippen molar-refractivity contribution in [1.82, 2.24) is 0 Å². The number of hydrogen-bond donors (Lipinski definition) is 2. The molecule has 29 heavy (non-hydrogen) atoms. The summed E-state index contributed by atoms with van der Waals surface area (Å²) >= 11 is 6.17. The molecule has 152 valence electrons. The second kappa shape index (κ2) is 9.49. The number of rotatable bonds is 7. The van der Waals surface area contributed by atoms with Gasteiger partial charge in [-0.05, 0) is 63.1 Å². The van der Waals surface area contributed by atoms with Crippen molar-refractivity contribution in [2.75, 3.05) is 5.32 Å². The minimum atomic E-state index is -1.16. The summed E-state index contributed by atoms with van der Waals surface area (Å²) in [6.45, 7) is 6.91. The Morgan fingerprint density at radius 2 is 1.86 bits per heavy atom. The number of hydrogen-bond acceptors (Lipinski definition) is 3. The summed E-state index contributed by atoms with van der Waals surface area (Å²) in [6, 6.07) is 12.3. The standard InChI is InChI=1S/C23H24ClNO4/c1-5-6-17(14-21(26)27)16-8-10-18(11-9-16)25-22(28)23(3,4)29-20-13-15(2)7-12-19(20)24/h7-13,17H,14H2,1-4H3,(H,25,28)(H,26,27). The van der Waals surface area contributed by atoms with Crippen LogP contribution in [0.2, 0.25) is 5.02 Å². The molecule has 2 aromatic carbocycles. The Balaban J connectivity index is 2.11. The molecule has 0 spiro atoms. The number of carbonyl (C=O) groups is 2. The van der Waals surface area contributed by atoms with Crippen LogP contribution in [0.15, 0.2) is 42.5 Å². The fourth-order valence-corrected chi connectivity index (χ4v) is 2.85. The number of carbonyl (C=O) groups excluding carboxylic acids is 1. The van der Waals surface area contributed by atoms with Crippen LogP contribution in [-0.4, -0.2) is 22.6 Å². The Hall–Kier alpha value is -2.97. The summed E-state index contributed by atoms with van der Waals surface area (Å²) in [7, 11) is 0. The number of amides is 1. The lowest BCUT2D eigenvalue weighted by molar-refractivity contribution is -0.137. The number of ether oxygens (including phenoxy) is 1. The molecule has 5 nitrogen and oxygen atoms in total. The fraction of sp³-hybridized carbons (Fsp3) is 0.304. The van der Waals surface area contributed by atoms with Crippen LogP contribution in [0, 0.1) is 18.8 Å². The first-order valence-corrected chi connectivity index (χ1v) is 9.51. The molecule has 1 unspecified atom stereocenters. The van der Waals surface area contributed by atoms with E-state index in [1.54, 1.807) is 57.2 Å². The number of aryl methyl sites for hydroxylation is 1. The van der Waals surface area contributed by atoms with Crippen LogP contribution in [0.5, 0.6) is 5.75 Å². The first-order chi connectivity index (χ1) is 13.6. The summed E-state index contributed by atoms with van der Waals surface area (Å²) in [5.74, 6) is 4.46. The van der Waals surface area contributed by atoms with Crippen LogP contribution in [0.3, 0.4) is 0 Å². The smallest absolute Gasteiger partial charge is 0.304 e. The third kappa shape index (κ3) is 6.27. The number of halogens is 1. The van der Waals surface area contributed by atoms with E-state index in [1.165, 1.54) is 0 Å². The van der Waals surface area contributed by atoms with Crippen LogP contribution in [0.4, 0.5) is 5.69 Å². The van der Waals surface area contributed by atoms with Gasteiger partial charge in [0.2, 0.25) is 0 Å². The molecule has 0 bridgehead atoms. The zero-order valence-corrected chi connectivity index (χ0v) is 17.6. The summed E-state index contributed by atoms with van der Waals surface area (Å²) in [5.41, 5.74) is 1.17. The molecule has 0 aliphatic carbocycles. The van der Waals surface area contributed by atoms with Crippen molar-refractivity contribution in [3.63, 3.8) is 0 Å². The lowest BCUT2D eigenvalue weighted by atomic mass is 9.96. The van der Waals surface area contributed by atoms with Gasteiger partial charge < -0.3 is 15.2 Å². The quantitative estimate of drug-likeness (QED) is 0.624. The molecule has 1 amide bonds. The SMILES string of the molecule is CC#CC(CC(=O)O)c1ccc(NC(=O)C(C)(C)Oc2cc(C)ccc2Cl)cc1. The Kier molecular flexibility index (Phi) is 7.30. The third-order valence-electron chi connectivity index (χ3n) is 4.27. The second-order valence-electron chi connectivity index (χ2n) is 7.17. The van der Waals surface area contributed by atoms with Crippen molar-refractivity contribution in [2.45, 2.75) is 45.6 Å². The molecular weight excluding hydrogens is 390 g/mol. The molecule has 1 atom stereocenters. The van der Waals surface area contributed by atoms with E-state index < -0.39 is 17.5 Å². The highest BCUT2D eigenvalue weighted by Crippen LogP contribution is 2.29. The van der Waals surface area contributed by atoms with Crippen LogP contribution < -0.4 is 10.1 Å². The Morgan fingerprint density at radius 1 is 1.21 bits per heavy atom. The molecule has 0 saturated carbocycles. The Labute approximate surface area is 176 Å². The second-order valence-corrected chi connectivity index (χ2v) is 7.57. The van der Waals surface area contributed by atoms with E-state index in [0.29, 0.717) is 16.5 Å². The van der Waals surface area contributed by atoms with Crippen molar-refractivity contribution in [3.8, 4) is 17.6 Å². The maximum atomic E-state index is 12.7. The van der Waals surface area contributed by atoms with E-state index in [9.17, 15) is 9.59 Å². The van der Waals surface area contributed by atoms with Crippen LogP contribution in [0.1, 0.15) is 44.2 Å². The summed E-state index contributed by atoms with van der Waals surface area (Å²) in [5, 5.41) is 12.3. The predicted molar refractivity (Wildman–Crippen MR) is 114 cm³/mol. The Bertz CT molecular complexity index is 955. The first-order valence-electron chi connectivity index (χ1n) is 9.13. The van der Waals surface area contributed by atoms with Crippen LogP contribution >= 0.6 is 11.6 Å². The van der Waals surface area contributed by atoms with E-state index >= 15 is 0 Å². The number of nitrogens with one attached hydrogen (secondary N) is 1. The van der Waals surface area contributed by atoms with Gasteiger partial charge in [0.15, 0.2) is 5.60 Å². The highest BCUT2D eigenvalue weighted by molar-refractivity contribution is 6.32. The lowest BCUT2D eigenvalue weighted by Gasteiger charge is -2.26.